The zero-order valence-electron chi connectivity index (χ0n) is 7.78. The van der Waals surface area contributed by atoms with Crippen molar-refractivity contribution < 1.29 is 8.42 Å². The van der Waals surface area contributed by atoms with Gasteiger partial charge in [0.1, 0.15) is 0 Å². The number of rotatable bonds is 2. The van der Waals surface area contributed by atoms with E-state index in [2.05, 4.69) is 0 Å². The molecule has 0 saturated heterocycles. The van der Waals surface area contributed by atoms with Crippen LogP contribution in [0.25, 0.3) is 0 Å². The fourth-order valence-corrected chi connectivity index (χ4v) is 3.99. The fraction of sp³-hybridized carbons (Fsp3) is 1.00. The van der Waals surface area contributed by atoms with Crippen LogP contribution in [-0.2, 0) is 10.0 Å². The molecule has 2 fully saturated rings. The van der Waals surface area contributed by atoms with Crippen LogP contribution < -0.4 is 5.14 Å². The highest BCUT2D eigenvalue weighted by molar-refractivity contribution is 7.89. The summed E-state index contributed by atoms with van der Waals surface area (Å²) in [6.45, 7) is 0. The number of fused-ring (bicyclic) bond motifs is 1. The monoisotopic (exact) mass is 203 g/mol. The number of nitrogens with two attached hydrogens (primary N) is 1. The number of hydrogen-bond acceptors (Lipinski definition) is 2. The number of primary sulfonamides is 1. The van der Waals surface area contributed by atoms with Crippen LogP contribution in [0, 0.1) is 17.8 Å². The Balaban J connectivity index is 1.91. The van der Waals surface area contributed by atoms with Gasteiger partial charge in [0, 0.05) is 0 Å². The van der Waals surface area contributed by atoms with Gasteiger partial charge in [-0.15, -0.1) is 0 Å². The smallest absolute Gasteiger partial charge is 0.209 e. The molecule has 0 aromatic heterocycles. The van der Waals surface area contributed by atoms with Gasteiger partial charge in [-0.1, -0.05) is 19.3 Å². The third kappa shape index (κ3) is 2.05. The molecule has 3 nitrogen and oxygen atoms in total. The van der Waals surface area contributed by atoms with Crippen LogP contribution in [0.15, 0.2) is 0 Å². The normalized spacial score (nSPS) is 39.3. The van der Waals surface area contributed by atoms with Crippen LogP contribution in [0.4, 0.5) is 0 Å². The molecule has 2 rings (SSSR count). The zero-order chi connectivity index (χ0) is 9.47. The van der Waals surface area contributed by atoms with Gasteiger partial charge in [0.15, 0.2) is 0 Å². The molecule has 0 spiro atoms. The van der Waals surface area contributed by atoms with Gasteiger partial charge in [0.2, 0.25) is 10.0 Å². The number of sulfonamides is 1. The molecule has 0 aromatic carbocycles. The van der Waals surface area contributed by atoms with Gasteiger partial charge in [-0.05, 0) is 30.6 Å². The van der Waals surface area contributed by atoms with Crippen LogP contribution in [0.2, 0.25) is 0 Å². The Morgan fingerprint density at radius 3 is 2.54 bits per heavy atom. The van der Waals surface area contributed by atoms with E-state index >= 15 is 0 Å². The molecule has 4 heteroatoms. The minimum atomic E-state index is -3.23. The molecule has 3 unspecified atom stereocenters. The van der Waals surface area contributed by atoms with Gasteiger partial charge < -0.3 is 0 Å². The second-order valence-corrected chi connectivity index (χ2v) is 6.19. The van der Waals surface area contributed by atoms with Crippen molar-refractivity contribution in [2.24, 2.45) is 22.9 Å². The Bertz CT molecular complexity index is 286. The maximum Gasteiger partial charge on any atom is 0.209 e. The first-order chi connectivity index (χ1) is 6.06. The molecule has 2 aliphatic rings. The van der Waals surface area contributed by atoms with E-state index in [-0.39, 0.29) is 5.75 Å². The third-order valence-corrected chi connectivity index (χ3v) is 4.52. The molecule has 0 bridgehead atoms. The quantitative estimate of drug-likeness (QED) is 0.730. The van der Waals surface area contributed by atoms with Crippen molar-refractivity contribution >= 4 is 10.0 Å². The summed E-state index contributed by atoms with van der Waals surface area (Å²) in [5, 5.41) is 5.04. The standard InChI is InChI=1S/C9H17NO2S/c10-13(11,12)6-8-5-7-3-1-2-4-9(7)8/h7-9H,1-6H2,(H2,10,11,12). The predicted octanol–water partition coefficient (Wildman–Crippen LogP) is 1.10. The summed E-state index contributed by atoms with van der Waals surface area (Å²) >= 11 is 0. The zero-order valence-corrected chi connectivity index (χ0v) is 8.59. The molecule has 2 aliphatic carbocycles. The summed E-state index contributed by atoms with van der Waals surface area (Å²) < 4.78 is 21.8. The lowest BCUT2D eigenvalue weighted by Gasteiger charge is -2.47. The molecule has 13 heavy (non-hydrogen) atoms. The van der Waals surface area contributed by atoms with Crippen molar-refractivity contribution in [1.82, 2.24) is 0 Å². The summed E-state index contributed by atoms with van der Waals surface area (Å²) in [4.78, 5) is 0. The van der Waals surface area contributed by atoms with E-state index in [0.717, 1.165) is 12.3 Å². The molecule has 2 saturated carbocycles. The van der Waals surface area contributed by atoms with E-state index in [1.54, 1.807) is 0 Å². The Hall–Kier alpha value is -0.0900. The first-order valence-corrected chi connectivity index (χ1v) is 6.78. The van der Waals surface area contributed by atoms with Gasteiger partial charge in [0.05, 0.1) is 5.75 Å². The maximum absolute atomic E-state index is 10.9. The Morgan fingerprint density at radius 2 is 1.92 bits per heavy atom. The minimum absolute atomic E-state index is 0.216. The lowest BCUT2D eigenvalue weighted by atomic mass is 9.59. The van der Waals surface area contributed by atoms with Gasteiger partial charge in [-0.2, -0.15) is 0 Å². The molecule has 3 atom stereocenters. The molecule has 76 valence electrons. The fourth-order valence-electron chi connectivity index (χ4n) is 3.01. The SMILES string of the molecule is NS(=O)(=O)CC1CC2CCCCC21. The van der Waals surface area contributed by atoms with Crippen LogP contribution >= 0.6 is 0 Å². The van der Waals surface area contributed by atoms with Crippen LogP contribution in [0.5, 0.6) is 0 Å². The highest BCUT2D eigenvalue weighted by Crippen LogP contribution is 2.49. The lowest BCUT2D eigenvalue weighted by molar-refractivity contribution is 0.0441. The summed E-state index contributed by atoms with van der Waals surface area (Å²) in [7, 11) is -3.23. The van der Waals surface area contributed by atoms with E-state index in [9.17, 15) is 8.42 Å². The second-order valence-electron chi connectivity index (χ2n) is 4.53. The molecule has 0 amide bonds. The van der Waals surface area contributed by atoms with E-state index in [4.69, 9.17) is 5.14 Å². The van der Waals surface area contributed by atoms with Gasteiger partial charge in [0.25, 0.3) is 0 Å². The largest absolute Gasteiger partial charge is 0.229 e. The Labute approximate surface area is 79.7 Å². The summed E-state index contributed by atoms with van der Waals surface area (Å²) in [6.07, 6.45) is 6.25. The van der Waals surface area contributed by atoms with E-state index in [1.165, 1.54) is 25.7 Å². The van der Waals surface area contributed by atoms with E-state index in [1.807, 2.05) is 0 Å². The highest BCUT2D eigenvalue weighted by atomic mass is 32.2. The van der Waals surface area contributed by atoms with Crippen LogP contribution in [-0.4, -0.2) is 14.2 Å². The molecule has 0 heterocycles. The predicted molar refractivity (Wildman–Crippen MR) is 51.5 cm³/mol. The third-order valence-electron chi connectivity index (χ3n) is 3.63. The van der Waals surface area contributed by atoms with Crippen molar-refractivity contribution in [2.75, 3.05) is 5.75 Å². The molecule has 0 aromatic rings. The van der Waals surface area contributed by atoms with Crippen molar-refractivity contribution in [3.8, 4) is 0 Å². The average Bonchev–Trinajstić information content (AvgIpc) is 1.99. The Morgan fingerprint density at radius 1 is 1.23 bits per heavy atom. The maximum atomic E-state index is 10.9. The second kappa shape index (κ2) is 3.24. The summed E-state index contributed by atoms with van der Waals surface area (Å²) in [5.74, 6) is 2.08. The lowest BCUT2D eigenvalue weighted by Crippen LogP contribution is -2.43. The van der Waals surface area contributed by atoms with Crippen molar-refractivity contribution in [3.05, 3.63) is 0 Å². The van der Waals surface area contributed by atoms with Crippen molar-refractivity contribution in [3.63, 3.8) is 0 Å². The number of hydrogen-bond donors (Lipinski definition) is 1. The Kier molecular flexibility index (Phi) is 2.36. The average molecular weight is 203 g/mol. The summed E-state index contributed by atoms with van der Waals surface area (Å²) in [5.41, 5.74) is 0. The molecule has 0 radical (unpaired) electrons. The topological polar surface area (TPSA) is 60.2 Å². The van der Waals surface area contributed by atoms with Crippen molar-refractivity contribution in [1.29, 1.82) is 0 Å². The van der Waals surface area contributed by atoms with Gasteiger partial charge in [-0.25, -0.2) is 13.6 Å². The highest BCUT2D eigenvalue weighted by Gasteiger charge is 2.42. The molecular formula is C9H17NO2S. The van der Waals surface area contributed by atoms with Crippen molar-refractivity contribution in [2.45, 2.75) is 32.1 Å². The van der Waals surface area contributed by atoms with E-state index in [0.29, 0.717) is 11.8 Å². The van der Waals surface area contributed by atoms with Crippen LogP contribution in [0.1, 0.15) is 32.1 Å². The van der Waals surface area contributed by atoms with Gasteiger partial charge >= 0.3 is 0 Å². The first kappa shape index (κ1) is 9.46. The molecule has 0 aliphatic heterocycles. The molecule has 2 N–H and O–H groups in total. The van der Waals surface area contributed by atoms with Crippen LogP contribution in [0.3, 0.4) is 0 Å². The van der Waals surface area contributed by atoms with E-state index < -0.39 is 10.0 Å². The molecular weight excluding hydrogens is 186 g/mol. The minimum Gasteiger partial charge on any atom is -0.229 e. The summed E-state index contributed by atoms with van der Waals surface area (Å²) in [6, 6.07) is 0. The first-order valence-electron chi connectivity index (χ1n) is 5.07. The van der Waals surface area contributed by atoms with Gasteiger partial charge in [-0.3, -0.25) is 0 Å².